The van der Waals surface area contributed by atoms with Gasteiger partial charge in [-0.25, -0.2) is 0 Å². The third-order valence-electron chi connectivity index (χ3n) is 3.37. The molecule has 1 aromatic heterocycles. The van der Waals surface area contributed by atoms with E-state index < -0.39 is 0 Å². The van der Waals surface area contributed by atoms with Crippen molar-refractivity contribution in [3.63, 3.8) is 0 Å². The number of hydrogen-bond acceptors (Lipinski definition) is 4. The van der Waals surface area contributed by atoms with Crippen LogP contribution in [0.1, 0.15) is 12.6 Å². The molecule has 0 atom stereocenters. The Morgan fingerprint density at radius 2 is 1.68 bits per heavy atom. The lowest BCUT2D eigenvalue weighted by atomic mass is 10.2. The van der Waals surface area contributed by atoms with E-state index >= 15 is 0 Å². The fourth-order valence-corrected chi connectivity index (χ4v) is 2.32. The predicted molar refractivity (Wildman–Crippen MR) is 85.8 cm³/mol. The van der Waals surface area contributed by atoms with Gasteiger partial charge in [-0.1, -0.05) is 36.4 Å². The topological polar surface area (TPSA) is 53.1 Å². The minimum Gasteiger partial charge on any atom is -0.419 e. The van der Waals surface area contributed by atoms with E-state index in [2.05, 4.69) is 11.1 Å². The van der Waals surface area contributed by atoms with Crippen molar-refractivity contribution in [3.05, 3.63) is 66.4 Å². The zero-order valence-electron chi connectivity index (χ0n) is 12.2. The van der Waals surface area contributed by atoms with Crippen LogP contribution in [0.5, 0.6) is 0 Å². The lowest BCUT2D eigenvalue weighted by molar-refractivity contribution is 0.571. The second-order valence-electron chi connectivity index (χ2n) is 4.73. The van der Waals surface area contributed by atoms with Crippen LogP contribution in [0.15, 0.2) is 65.1 Å². The molecule has 4 nitrogen and oxygen atoms in total. The number of benzene rings is 2. The molecule has 3 aromatic rings. The molecule has 0 fully saturated rings. The first-order valence-corrected chi connectivity index (χ1v) is 7.12. The van der Waals surface area contributed by atoms with Crippen LogP contribution in [0.2, 0.25) is 0 Å². The summed E-state index contributed by atoms with van der Waals surface area (Å²) in [4.78, 5) is 6.27. The smallest absolute Gasteiger partial charge is 0.239 e. The quantitative estimate of drug-likeness (QED) is 0.715. The van der Waals surface area contributed by atoms with E-state index in [1.807, 2.05) is 72.5 Å². The first-order chi connectivity index (χ1) is 10.8. The van der Waals surface area contributed by atoms with Gasteiger partial charge >= 0.3 is 0 Å². The van der Waals surface area contributed by atoms with Crippen LogP contribution >= 0.6 is 0 Å². The minimum absolute atomic E-state index is 0.296. The van der Waals surface area contributed by atoms with Crippen LogP contribution in [-0.2, 0) is 0 Å². The van der Waals surface area contributed by atoms with E-state index in [0.717, 1.165) is 11.3 Å². The van der Waals surface area contributed by atoms with E-state index in [9.17, 15) is 5.26 Å². The number of anilines is 2. The number of para-hydroxylation sites is 1. The molecule has 0 saturated heterocycles. The van der Waals surface area contributed by atoms with Crippen molar-refractivity contribution in [2.45, 2.75) is 6.92 Å². The average molecular weight is 289 g/mol. The van der Waals surface area contributed by atoms with Gasteiger partial charge in [0.15, 0.2) is 0 Å². The maximum absolute atomic E-state index is 9.37. The van der Waals surface area contributed by atoms with Crippen LogP contribution in [0, 0.1) is 11.3 Å². The van der Waals surface area contributed by atoms with Gasteiger partial charge in [0.2, 0.25) is 17.5 Å². The summed E-state index contributed by atoms with van der Waals surface area (Å²) < 4.78 is 5.89. The van der Waals surface area contributed by atoms with Gasteiger partial charge in [-0.15, -0.1) is 0 Å². The van der Waals surface area contributed by atoms with Gasteiger partial charge in [0.25, 0.3) is 0 Å². The van der Waals surface area contributed by atoms with Gasteiger partial charge in [-0.3, -0.25) is 0 Å². The monoisotopic (exact) mass is 289 g/mol. The third-order valence-corrected chi connectivity index (χ3v) is 3.37. The van der Waals surface area contributed by atoms with Crippen molar-refractivity contribution < 1.29 is 4.42 Å². The molecule has 2 aromatic carbocycles. The van der Waals surface area contributed by atoms with Crippen molar-refractivity contribution in [2.75, 3.05) is 11.4 Å². The Morgan fingerprint density at radius 1 is 1.05 bits per heavy atom. The van der Waals surface area contributed by atoms with Crippen LogP contribution in [-0.4, -0.2) is 11.5 Å². The molecule has 0 spiro atoms. The Bertz CT molecular complexity index is 788. The Balaban J connectivity index is 2.07. The highest BCUT2D eigenvalue weighted by molar-refractivity contribution is 5.66. The molecule has 0 amide bonds. The van der Waals surface area contributed by atoms with Gasteiger partial charge in [-0.2, -0.15) is 10.2 Å². The molecule has 22 heavy (non-hydrogen) atoms. The van der Waals surface area contributed by atoms with Crippen molar-refractivity contribution in [1.29, 1.82) is 5.26 Å². The summed E-state index contributed by atoms with van der Waals surface area (Å²) in [5, 5.41) is 9.37. The summed E-state index contributed by atoms with van der Waals surface area (Å²) in [6.07, 6.45) is 0. The van der Waals surface area contributed by atoms with Crippen molar-refractivity contribution in [1.82, 2.24) is 4.98 Å². The predicted octanol–water partition coefficient (Wildman–Crippen LogP) is 4.37. The van der Waals surface area contributed by atoms with Crippen molar-refractivity contribution in [2.24, 2.45) is 0 Å². The fraction of sp³-hybridized carbons (Fsp3) is 0.111. The summed E-state index contributed by atoms with van der Waals surface area (Å²) in [6.45, 7) is 2.70. The molecular weight excluding hydrogens is 274 g/mol. The zero-order valence-corrected chi connectivity index (χ0v) is 12.2. The van der Waals surface area contributed by atoms with Crippen LogP contribution < -0.4 is 4.90 Å². The molecule has 108 valence electrons. The van der Waals surface area contributed by atoms with E-state index in [4.69, 9.17) is 4.42 Å². The van der Waals surface area contributed by atoms with E-state index in [1.165, 1.54) is 0 Å². The highest BCUT2D eigenvalue weighted by Crippen LogP contribution is 2.32. The first kappa shape index (κ1) is 13.9. The van der Waals surface area contributed by atoms with Crippen molar-refractivity contribution >= 4 is 11.6 Å². The average Bonchev–Trinajstić information content (AvgIpc) is 3.01. The molecule has 0 aliphatic carbocycles. The molecule has 3 rings (SSSR count). The van der Waals surface area contributed by atoms with Crippen LogP contribution in [0.3, 0.4) is 0 Å². The summed E-state index contributed by atoms with van der Waals surface area (Å²) in [5.74, 6) is 0.941. The van der Waals surface area contributed by atoms with Crippen molar-refractivity contribution in [3.8, 4) is 17.5 Å². The molecular formula is C18H15N3O. The van der Waals surface area contributed by atoms with E-state index in [-0.39, 0.29) is 0 Å². The van der Waals surface area contributed by atoms with Gasteiger partial charge in [0, 0.05) is 17.8 Å². The summed E-state index contributed by atoms with van der Waals surface area (Å²) >= 11 is 0. The molecule has 4 heteroatoms. The lowest BCUT2D eigenvalue weighted by Gasteiger charge is -2.19. The van der Waals surface area contributed by atoms with E-state index in [0.29, 0.717) is 24.0 Å². The van der Waals surface area contributed by atoms with Gasteiger partial charge in [0.1, 0.15) is 6.07 Å². The number of oxazole rings is 1. The molecule has 1 heterocycles. The maximum Gasteiger partial charge on any atom is 0.239 e. The number of rotatable bonds is 4. The third kappa shape index (κ3) is 2.57. The second-order valence-corrected chi connectivity index (χ2v) is 4.73. The largest absolute Gasteiger partial charge is 0.419 e. The Kier molecular flexibility index (Phi) is 3.88. The highest BCUT2D eigenvalue weighted by Gasteiger charge is 2.20. The van der Waals surface area contributed by atoms with Gasteiger partial charge in [-0.05, 0) is 31.2 Å². The number of aromatic nitrogens is 1. The lowest BCUT2D eigenvalue weighted by Crippen LogP contribution is -2.16. The first-order valence-electron chi connectivity index (χ1n) is 7.12. The summed E-state index contributed by atoms with van der Waals surface area (Å²) in [5.41, 5.74) is 2.12. The molecule has 0 radical (unpaired) electrons. The Hall–Kier alpha value is -3.06. The fourth-order valence-electron chi connectivity index (χ4n) is 2.32. The number of nitrogens with zero attached hydrogens (tertiary/aromatic N) is 3. The molecule has 0 N–H and O–H groups in total. The molecule has 0 aliphatic heterocycles. The highest BCUT2D eigenvalue weighted by atomic mass is 16.4. The second kappa shape index (κ2) is 6.15. The van der Waals surface area contributed by atoms with Gasteiger partial charge in [0.05, 0.1) is 0 Å². The normalized spacial score (nSPS) is 10.2. The van der Waals surface area contributed by atoms with Gasteiger partial charge < -0.3 is 9.32 Å². The molecule has 0 aliphatic rings. The molecule has 0 saturated carbocycles. The zero-order chi connectivity index (χ0) is 15.4. The summed E-state index contributed by atoms with van der Waals surface area (Å²) in [7, 11) is 0. The number of hydrogen-bond donors (Lipinski definition) is 0. The standard InChI is InChI=1S/C18H15N3O/c1-2-21(15-11-7-4-8-12-15)18-16(13-19)20-17(22-18)14-9-5-3-6-10-14/h3-12H,2H2,1H3. The molecule has 0 unspecified atom stereocenters. The minimum atomic E-state index is 0.296. The maximum atomic E-state index is 9.37. The van der Waals surface area contributed by atoms with E-state index in [1.54, 1.807) is 0 Å². The summed E-state index contributed by atoms with van der Waals surface area (Å²) in [6, 6.07) is 21.5. The number of nitriles is 1. The Labute approximate surface area is 129 Å². The van der Waals surface area contributed by atoms with Crippen LogP contribution in [0.25, 0.3) is 11.5 Å². The Morgan fingerprint density at radius 3 is 2.27 bits per heavy atom. The SMILES string of the molecule is CCN(c1ccccc1)c1oc(-c2ccccc2)nc1C#N. The van der Waals surface area contributed by atoms with Crippen LogP contribution in [0.4, 0.5) is 11.6 Å². The molecule has 0 bridgehead atoms.